The number of benzene rings is 3. The van der Waals surface area contributed by atoms with E-state index in [0.29, 0.717) is 29.3 Å². The van der Waals surface area contributed by atoms with Crippen LogP contribution in [0.15, 0.2) is 75.5 Å². The van der Waals surface area contributed by atoms with E-state index in [1.54, 1.807) is 25.1 Å². The second-order valence-electron chi connectivity index (χ2n) is 7.91. The van der Waals surface area contributed by atoms with E-state index in [1.807, 2.05) is 13.0 Å². The minimum Gasteiger partial charge on any atom is -0.360 e. The average molecular weight is 488 g/mol. The van der Waals surface area contributed by atoms with Gasteiger partial charge in [-0.2, -0.15) is 8.42 Å². The predicted octanol–water partition coefficient (Wildman–Crippen LogP) is 4.79. The molecule has 0 spiro atoms. The Morgan fingerprint density at radius 1 is 0.909 bits per heavy atom. The number of halogens is 1. The zero-order valence-electron chi connectivity index (χ0n) is 18.0. The molecule has 4 rings (SSSR count). The third-order valence-electron chi connectivity index (χ3n) is 5.86. The minimum atomic E-state index is -4.36. The van der Waals surface area contributed by atoms with Gasteiger partial charge in [-0.05, 0) is 79.3 Å². The fourth-order valence-electron chi connectivity index (χ4n) is 4.20. The quantitative estimate of drug-likeness (QED) is 0.381. The second kappa shape index (κ2) is 8.40. The fourth-order valence-corrected chi connectivity index (χ4v) is 6.46. The number of aromatic nitrogens is 1. The van der Waals surface area contributed by atoms with Crippen molar-refractivity contribution in [1.29, 1.82) is 0 Å². The van der Waals surface area contributed by atoms with Crippen LogP contribution in [0.4, 0.5) is 4.39 Å². The number of rotatable bonds is 6. The van der Waals surface area contributed by atoms with E-state index in [0.717, 1.165) is 22.8 Å². The first-order valence-electron chi connectivity index (χ1n) is 10.2. The number of fused-ring (bicyclic) bond motifs is 1. The minimum absolute atomic E-state index is 0.0545. The Hall–Kier alpha value is -3.01. The van der Waals surface area contributed by atoms with Gasteiger partial charge < -0.3 is 4.98 Å². The van der Waals surface area contributed by atoms with Crippen molar-refractivity contribution in [3.05, 3.63) is 88.9 Å². The lowest BCUT2D eigenvalue weighted by Gasteiger charge is -2.14. The first kappa shape index (κ1) is 23.2. The molecule has 1 heterocycles. The van der Waals surface area contributed by atoms with Crippen LogP contribution < -0.4 is 0 Å². The molecule has 1 aromatic heterocycles. The van der Waals surface area contributed by atoms with Crippen molar-refractivity contribution in [2.75, 3.05) is 0 Å². The zero-order valence-corrected chi connectivity index (χ0v) is 19.6. The van der Waals surface area contributed by atoms with Crippen molar-refractivity contribution in [3.63, 3.8) is 0 Å². The Labute approximate surface area is 191 Å². The highest BCUT2D eigenvalue weighted by Crippen LogP contribution is 2.32. The number of sulfone groups is 1. The maximum Gasteiger partial charge on any atom is 0.294 e. The smallest absolute Gasteiger partial charge is 0.294 e. The molecule has 0 aliphatic carbocycles. The van der Waals surface area contributed by atoms with Gasteiger partial charge in [-0.25, -0.2) is 12.8 Å². The van der Waals surface area contributed by atoms with E-state index in [2.05, 4.69) is 4.98 Å². The molecule has 9 heteroatoms. The van der Waals surface area contributed by atoms with Crippen LogP contribution in [-0.2, 0) is 32.8 Å². The SMILES string of the molecule is Cc1ccc(S(=O)(=O)O)c(C)c1CCc1cccc2[nH]cc(S(=O)(=O)c3cccc(F)c3)c12. The van der Waals surface area contributed by atoms with Gasteiger partial charge in [0.1, 0.15) is 5.82 Å². The van der Waals surface area contributed by atoms with Gasteiger partial charge >= 0.3 is 0 Å². The monoisotopic (exact) mass is 487 g/mol. The second-order valence-corrected chi connectivity index (χ2v) is 11.2. The van der Waals surface area contributed by atoms with Crippen LogP contribution in [0.3, 0.4) is 0 Å². The molecule has 0 radical (unpaired) electrons. The number of hydrogen-bond donors (Lipinski definition) is 2. The molecule has 0 atom stereocenters. The Bertz CT molecular complexity index is 1590. The van der Waals surface area contributed by atoms with Gasteiger partial charge in [0.05, 0.1) is 14.7 Å². The summed E-state index contributed by atoms with van der Waals surface area (Å²) in [6.45, 7) is 3.50. The van der Waals surface area contributed by atoms with Crippen molar-refractivity contribution in [3.8, 4) is 0 Å². The third kappa shape index (κ3) is 4.31. The molecule has 0 aliphatic rings. The molecule has 3 aromatic carbocycles. The standard InChI is InChI=1S/C24H22FNO5S2/c1-15-9-12-22(33(29,30)31)16(2)20(15)11-10-17-5-3-8-21-24(17)23(14-26-21)32(27,28)19-7-4-6-18(25)13-19/h3-9,12-14,26H,10-11H2,1-2H3,(H,29,30,31). The number of nitrogens with one attached hydrogen (secondary N) is 1. The highest BCUT2D eigenvalue weighted by Gasteiger charge is 2.24. The molecule has 0 saturated heterocycles. The molecule has 0 fully saturated rings. The zero-order chi connectivity index (χ0) is 24.0. The largest absolute Gasteiger partial charge is 0.360 e. The number of H-pyrrole nitrogens is 1. The average Bonchev–Trinajstić information content (AvgIpc) is 3.18. The van der Waals surface area contributed by atoms with Gasteiger partial charge in [-0.1, -0.05) is 24.3 Å². The van der Waals surface area contributed by atoms with Crippen molar-refractivity contribution in [1.82, 2.24) is 4.98 Å². The Morgan fingerprint density at radius 2 is 1.64 bits per heavy atom. The normalized spacial score (nSPS) is 12.4. The highest BCUT2D eigenvalue weighted by molar-refractivity contribution is 7.91. The molecule has 4 aromatic rings. The van der Waals surface area contributed by atoms with Gasteiger partial charge in [-0.3, -0.25) is 4.55 Å². The Morgan fingerprint density at radius 3 is 2.33 bits per heavy atom. The van der Waals surface area contributed by atoms with E-state index >= 15 is 0 Å². The van der Waals surface area contributed by atoms with Gasteiger partial charge in [0.2, 0.25) is 9.84 Å². The van der Waals surface area contributed by atoms with Crippen molar-refractivity contribution < 1.29 is 25.8 Å². The predicted molar refractivity (Wildman–Crippen MR) is 123 cm³/mol. The molecule has 0 bridgehead atoms. The van der Waals surface area contributed by atoms with Crippen molar-refractivity contribution in [2.24, 2.45) is 0 Å². The summed E-state index contributed by atoms with van der Waals surface area (Å²) in [6, 6.07) is 13.3. The molecule has 33 heavy (non-hydrogen) atoms. The van der Waals surface area contributed by atoms with Gasteiger partial charge in [0.15, 0.2) is 0 Å². The lowest BCUT2D eigenvalue weighted by atomic mass is 9.95. The molecular weight excluding hydrogens is 465 g/mol. The molecule has 2 N–H and O–H groups in total. The molecule has 0 saturated carbocycles. The number of aromatic amines is 1. The lowest BCUT2D eigenvalue weighted by molar-refractivity contribution is 0.482. The van der Waals surface area contributed by atoms with Gasteiger partial charge in [0.25, 0.3) is 10.1 Å². The summed E-state index contributed by atoms with van der Waals surface area (Å²) in [7, 11) is -8.33. The van der Waals surface area contributed by atoms with Crippen molar-refractivity contribution in [2.45, 2.75) is 41.4 Å². The van der Waals surface area contributed by atoms with Crippen LogP contribution in [0.25, 0.3) is 10.9 Å². The van der Waals surface area contributed by atoms with Crippen LogP contribution in [0, 0.1) is 19.7 Å². The molecule has 0 amide bonds. The van der Waals surface area contributed by atoms with E-state index in [4.69, 9.17) is 0 Å². The van der Waals surface area contributed by atoms with E-state index in [1.165, 1.54) is 30.5 Å². The van der Waals surface area contributed by atoms with Crippen LogP contribution >= 0.6 is 0 Å². The first-order valence-corrected chi connectivity index (χ1v) is 13.1. The molecule has 0 aliphatic heterocycles. The van der Waals surface area contributed by atoms with Gasteiger partial charge in [-0.15, -0.1) is 0 Å². The van der Waals surface area contributed by atoms with Crippen LogP contribution in [-0.4, -0.2) is 26.4 Å². The maximum absolute atomic E-state index is 13.7. The summed E-state index contributed by atoms with van der Waals surface area (Å²) in [6.07, 6.45) is 2.27. The number of hydrogen-bond acceptors (Lipinski definition) is 4. The summed E-state index contributed by atoms with van der Waals surface area (Å²) in [4.78, 5) is 2.76. The molecule has 6 nitrogen and oxygen atoms in total. The fraction of sp³-hybridized carbons (Fsp3) is 0.167. The Balaban J connectivity index is 1.78. The molecule has 0 unspecified atom stereocenters. The van der Waals surface area contributed by atoms with Crippen LogP contribution in [0.5, 0.6) is 0 Å². The summed E-state index contributed by atoms with van der Waals surface area (Å²) in [5, 5.41) is 0.517. The highest BCUT2D eigenvalue weighted by atomic mass is 32.2. The summed E-state index contributed by atoms with van der Waals surface area (Å²) in [5.74, 6) is -0.638. The van der Waals surface area contributed by atoms with Crippen LogP contribution in [0.1, 0.15) is 22.3 Å². The molecule has 172 valence electrons. The topological polar surface area (TPSA) is 104 Å². The van der Waals surface area contributed by atoms with Crippen molar-refractivity contribution >= 4 is 30.9 Å². The van der Waals surface area contributed by atoms with E-state index < -0.39 is 25.8 Å². The molecular formula is C24H22FNO5S2. The summed E-state index contributed by atoms with van der Waals surface area (Å²) < 4.78 is 73.2. The maximum atomic E-state index is 13.7. The summed E-state index contributed by atoms with van der Waals surface area (Å²) in [5.41, 5.74) is 3.48. The van der Waals surface area contributed by atoms with E-state index in [-0.39, 0.29) is 14.7 Å². The third-order valence-corrected chi connectivity index (χ3v) is 8.63. The summed E-state index contributed by atoms with van der Waals surface area (Å²) >= 11 is 0. The lowest BCUT2D eigenvalue weighted by Crippen LogP contribution is -2.06. The Kier molecular flexibility index (Phi) is 5.90. The van der Waals surface area contributed by atoms with Gasteiger partial charge in [0, 0.05) is 17.1 Å². The first-order chi connectivity index (χ1) is 15.5. The van der Waals surface area contributed by atoms with E-state index in [9.17, 15) is 25.8 Å². The number of aryl methyl sites for hydroxylation is 2. The van der Waals surface area contributed by atoms with Crippen LogP contribution in [0.2, 0.25) is 0 Å².